The molecule has 0 saturated carbocycles. The highest BCUT2D eigenvalue weighted by Gasteiger charge is 2.18. The molecular formula is C18H19FN4O. The molecule has 5 nitrogen and oxygen atoms in total. The number of aryl methyl sites for hydroxylation is 2. The summed E-state index contributed by atoms with van der Waals surface area (Å²) in [6.07, 6.45) is 5.29. The van der Waals surface area contributed by atoms with E-state index in [1.54, 1.807) is 29.2 Å². The summed E-state index contributed by atoms with van der Waals surface area (Å²) in [5, 5.41) is 7.29. The molecule has 2 heterocycles. The zero-order chi connectivity index (χ0) is 17.3. The molecule has 3 rings (SSSR count). The van der Waals surface area contributed by atoms with E-state index < -0.39 is 0 Å². The van der Waals surface area contributed by atoms with Crippen LogP contribution < -0.4 is 5.32 Å². The smallest absolute Gasteiger partial charge is 0.253 e. The van der Waals surface area contributed by atoms with E-state index in [1.165, 1.54) is 12.1 Å². The molecule has 0 radical (unpaired) electrons. The number of carbonyl (C=O) groups is 1. The number of halogens is 1. The maximum Gasteiger partial charge on any atom is 0.253 e. The van der Waals surface area contributed by atoms with Gasteiger partial charge in [-0.3, -0.25) is 9.48 Å². The fourth-order valence-corrected chi connectivity index (χ4v) is 2.82. The van der Waals surface area contributed by atoms with Crippen LogP contribution in [0.1, 0.15) is 34.6 Å². The van der Waals surface area contributed by atoms with E-state index in [1.807, 2.05) is 27.1 Å². The Morgan fingerprint density at radius 3 is 2.62 bits per heavy atom. The van der Waals surface area contributed by atoms with Gasteiger partial charge in [-0.2, -0.15) is 5.10 Å². The Balaban J connectivity index is 1.82. The van der Waals surface area contributed by atoms with Crippen LogP contribution in [-0.4, -0.2) is 20.7 Å². The van der Waals surface area contributed by atoms with Gasteiger partial charge in [0, 0.05) is 36.8 Å². The van der Waals surface area contributed by atoms with E-state index in [2.05, 4.69) is 15.4 Å². The summed E-state index contributed by atoms with van der Waals surface area (Å²) in [6.45, 7) is 3.84. The van der Waals surface area contributed by atoms with Crippen molar-refractivity contribution in [2.45, 2.75) is 19.9 Å². The minimum absolute atomic E-state index is 0.165. The molecule has 3 aromatic rings. The number of rotatable bonds is 4. The molecule has 1 aromatic carbocycles. The van der Waals surface area contributed by atoms with Crippen LogP contribution in [0.25, 0.3) is 11.1 Å². The lowest BCUT2D eigenvalue weighted by Crippen LogP contribution is -2.27. The molecule has 124 valence electrons. The second-order valence-corrected chi connectivity index (χ2v) is 5.83. The van der Waals surface area contributed by atoms with E-state index in [0.29, 0.717) is 5.56 Å². The van der Waals surface area contributed by atoms with Crippen molar-refractivity contribution in [3.8, 4) is 11.1 Å². The molecule has 0 aliphatic rings. The van der Waals surface area contributed by atoms with Gasteiger partial charge in [0.1, 0.15) is 5.82 Å². The van der Waals surface area contributed by atoms with Gasteiger partial charge in [0.2, 0.25) is 0 Å². The monoisotopic (exact) mass is 326 g/mol. The average Bonchev–Trinajstić information content (AvgIpc) is 3.14. The van der Waals surface area contributed by atoms with Crippen LogP contribution in [0.15, 0.2) is 42.9 Å². The number of aromatic nitrogens is 3. The number of hydrogen-bond donors (Lipinski definition) is 2. The van der Waals surface area contributed by atoms with Crippen LogP contribution in [0, 0.1) is 12.7 Å². The molecule has 0 aliphatic heterocycles. The summed E-state index contributed by atoms with van der Waals surface area (Å²) in [7, 11) is 1.85. The summed E-state index contributed by atoms with van der Waals surface area (Å²) in [6, 6.07) is 5.91. The van der Waals surface area contributed by atoms with Crippen molar-refractivity contribution >= 4 is 5.91 Å². The second kappa shape index (κ2) is 6.31. The summed E-state index contributed by atoms with van der Waals surface area (Å²) in [5.74, 6) is -0.493. The highest BCUT2D eigenvalue weighted by Crippen LogP contribution is 2.25. The van der Waals surface area contributed by atoms with E-state index in [4.69, 9.17) is 0 Å². The predicted octanol–water partition coefficient (Wildman–Crippen LogP) is 3.35. The standard InChI is InChI=1S/C18H19FN4O/c1-11(17-10-23(3)22-12(17)2)21-18(24)16-9-20-8-15(16)13-4-6-14(19)7-5-13/h4-11,20H,1-3H3,(H,21,24). The third-order valence-electron chi connectivity index (χ3n) is 4.01. The van der Waals surface area contributed by atoms with Crippen LogP contribution in [0.2, 0.25) is 0 Å². The minimum Gasteiger partial charge on any atom is -0.366 e. The number of aromatic amines is 1. The van der Waals surface area contributed by atoms with Gasteiger partial charge in [0.25, 0.3) is 5.91 Å². The number of H-pyrrole nitrogens is 1. The number of hydrogen-bond acceptors (Lipinski definition) is 2. The van der Waals surface area contributed by atoms with Crippen molar-refractivity contribution in [2.24, 2.45) is 7.05 Å². The molecule has 6 heteroatoms. The number of amides is 1. The van der Waals surface area contributed by atoms with Gasteiger partial charge >= 0.3 is 0 Å². The number of benzene rings is 1. The molecular weight excluding hydrogens is 307 g/mol. The molecule has 1 amide bonds. The molecule has 1 atom stereocenters. The van der Waals surface area contributed by atoms with Crippen molar-refractivity contribution in [1.82, 2.24) is 20.1 Å². The first-order valence-electron chi connectivity index (χ1n) is 7.69. The Hall–Kier alpha value is -2.89. The number of carbonyl (C=O) groups excluding carboxylic acids is 1. The van der Waals surface area contributed by atoms with Crippen molar-refractivity contribution in [3.63, 3.8) is 0 Å². The zero-order valence-electron chi connectivity index (χ0n) is 13.8. The third-order valence-corrected chi connectivity index (χ3v) is 4.01. The van der Waals surface area contributed by atoms with Gasteiger partial charge in [-0.05, 0) is 31.5 Å². The Bertz CT molecular complexity index is 864. The van der Waals surface area contributed by atoms with Crippen molar-refractivity contribution < 1.29 is 9.18 Å². The first kappa shape index (κ1) is 16.0. The Morgan fingerprint density at radius 2 is 2.00 bits per heavy atom. The van der Waals surface area contributed by atoms with Gasteiger partial charge in [-0.1, -0.05) is 12.1 Å². The lowest BCUT2D eigenvalue weighted by atomic mass is 10.0. The molecule has 1 unspecified atom stereocenters. The minimum atomic E-state index is -0.305. The maximum absolute atomic E-state index is 13.1. The molecule has 2 aromatic heterocycles. The van der Waals surface area contributed by atoms with Crippen LogP contribution >= 0.6 is 0 Å². The molecule has 0 bridgehead atoms. The second-order valence-electron chi connectivity index (χ2n) is 5.83. The Kier molecular flexibility index (Phi) is 4.20. The highest BCUT2D eigenvalue weighted by molar-refractivity contribution is 6.00. The van der Waals surface area contributed by atoms with Crippen molar-refractivity contribution in [1.29, 1.82) is 0 Å². The quantitative estimate of drug-likeness (QED) is 0.772. The largest absolute Gasteiger partial charge is 0.366 e. The molecule has 0 saturated heterocycles. The predicted molar refractivity (Wildman–Crippen MR) is 90.0 cm³/mol. The van der Waals surface area contributed by atoms with Crippen molar-refractivity contribution in [3.05, 3.63) is 65.5 Å². The fourth-order valence-electron chi connectivity index (χ4n) is 2.82. The molecule has 0 spiro atoms. The molecule has 0 fully saturated rings. The normalized spacial score (nSPS) is 12.2. The van der Waals surface area contributed by atoms with E-state index in [9.17, 15) is 9.18 Å². The number of nitrogens with one attached hydrogen (secondary N) is 2. The Morgan fingerprint density at radius 1 is 1.29 bits per heavy atom. The van der Waals surface area contributed by atoms with Gasteiger partial charge in [0.05, 0.1) is 17.3 Å². The van der Waals surface area contributed by atoms with Gasteiger partial charge < -0.3 is 10.3 Å². The third kappa shape index (κ3) is 3.08. The fraction of sp³-hybridized carbons (Fsp3) is 0.222. The lowest BCUT2D eigenvalue weighted by Gasteiger charge is -2.13. The van der Waals surface area contributed by atoms with E-state index in [-0.39, 0.29) is 17.8 Å². The summed E-state index contributed by atoms with van der Waals surface area (Å²) in [5.41, 5.74) is 3.91. The Labute approximate surface area is 139 Å². The summed E-state index contributed by atoms with van der Waals surface area (Å²) < 4.78 is 14.8. The SMILES string of the molecule is Cc1nn(C)cc1C(C)NC(=O)c1c[nH]cc1-c1ccc(F)cc1. The lowest BCUT2D eigenvalue weighted by molar-refractivity contribution is 0.0940. The first-order valence-corrected chi connectivity index (χ1v) is 7.69. The van der Waals surface area contributed by atoms with Gasteiger partial charge in [-0.25, -0.2) is 4.39 Å². The van der Waals surface area contributed by atoms with Crippen LogP contribution in [0.5, 0.6) is 0 Å². The molecule has 24 heavy (non-hydrogen) atoms. The van der Waals surface area contributed by atoms with Crippen LogP contribution in [0.4, 0.5) is 4.39 Å². The number of nitrogens with zero attached hydrogens (tertiary/aromatic N) is 2. The summed E-state index contributed by atoms with van der Waals surface area (Å²) >= 11 is 0. The summed E-state index contributed by atoms with van der Waals surface area (Å²) in [4.78, 5) is 15.6. The first-order chi connectivity index (χ1) is 11.5. The maximum atomic E-state index is 13.1. The average molecular weight is 326 g/mol. The van der Waals surface area contributed by atoms with Crippen molar-refractivity contribution in [2.75, 3.05) is 0 Å². The topological polar surface area (TPSA) is 62.7 Å². The van der Waals surface area contributed by atoms with Gasteiger partial charge in [-0.15, -0.1) is 0 Å². The molecule has 0 aliphatic carbocycles. The van der Waals surface area contributed by atoms with Crippen LogP contribution in [0.3, 0.4) is 0 Å². The molecule has 2 N–H and O–H groups in total. The van der Waals surface area contributed by atoms with E-state index >= 15 is 0 Å². The highest BCUT2D eigenvalue weighted by atomic mass is 19.1. The van der Waals surface area contributed by atoms with Crippen LogP contribution in [-0.2, 0) is 7.05 Å². The van der Waals surface area contributed by atoms with E-state index in [0.717, 1.165) is 22.4 Å². The van der Waals surface area contributed by atoms with Gasteiger partial charge in [0.15, 0.2) is 0 Å². The zero-order valence-corrected chi connectivity index (χ0v) is 13.8.